The van der Waals surface area contributed by atoms with Crippen LogP contribution in [0.25, 0.3) is 0 Å². The van der Waals surface area contributed by atoms with Crippen molar-refractivity contribution in [2.24, 2.45) is 5.92 Å². The number of halogens is 1. The second-order valence-corrected chi connectivity index (χ2v) is 5.37. The Morgan fingerprint density at radius 1 is 1.33 bits per heavy atom. The maximum Gasteiger partial charge on any atom is 0.0916 e. The van der Waals surface area contributed by atoms with E-state index in [1.54, 1.807) is 0 Å². The molecule has 0 unspecified atom stereocenters. The van der Waals surface area contributed by atoms with Crippen molar-refractivity contribution in [1.82, 2.24) is 4.90 Å². The van der Waals surface area contributed by atoms with Gasteiger partial charge in [0.15, 0.2) is 0 Å². The molecule has 0 aliphatic carbocycles. The van der Waals surface area contributed by atoms with Crippen molar-refractivity contribution in [2.75, 3.05) is 19.6 Å². The minimum Gasteiger partial charge on any atom is -0.387 e. The molecule has 1 aromatic rings. The Hall–Kier alpha value is -0.890. The highest BCUT2D eigenvalue weighted by atomic mass is 79.9. The fourth-order valence-electron chi connectivity index (χ4n) is 1.80. The summed E-state index contributed by atoms with van der Waals surface area (Å²) in [5.74, 6) is -0.0120. The number of likely N-dealkylation sites (N-methyl/N-ethyl adjacent to an activating group) is 1. The zero-order valence-corrected chi connectivity index (χ0v) is 12.4. The topological polar surface area (TPSA) is 47.3 Å². The smallest absolute Gasteiger partial charge is 0.0916 e. The highest BCUT2D eigenvalue weighted by molar-refractivity contribution is 9.10. The van der Waals surface area contributed by atoms with E-state index in [4.69, 9.17) is 5.26 Å². The van der Waals surface area contributed by atoms with Crippen LogP contribution in [-0.2, 0) is 0 Å². The SMILES string of the molecule is CCN(C[C@H](C)C#N)C[C@H](O)c1ccc(Br)cc1. The van der Waals surface area contributed by atoms with Gasteiger partial charge in [0.1, 0.15) is 0 Å². The van der Waals surface area contributed by atoms with E-state index in [-0.39, 0.29) is 5.92 Å². The van der Waals surface area contributed by atoms with E-state index in [2.05, 4.69) is 26.9 Å². The lowest BCUT2D eigenvalue weighted by molar-refractivity contribution is 0.112. The molecular formula is C14H19BrN2O. The van der Waals surface area contributed by atoms with Crippen LogP contribution in [0.3, 0.4) is 0 Å². The Kier molecular flexibility index (Phi) is 6.34. The molecule has 1 N–H and O–H groups in total. The van der Waals surface area contributed by atoms with Gasteiger partial charge >= 0.3 is 0 Å². The molecule has 18 heavy (non-hydrogen) atoms. The van der Waals surface area contributed by atoms with Crippen LogP contribution >= 0.6 is 15.9 Å². The summed E-state index contributed by atoms with van der Waals surface area (Å²) >= 11 is 3.37. The molecule has 0 aromatic heterocycles. The summed E-state index contributed by atoms with van der Waals surface area (Å²) < 4.78 is 1.00. The summed E-state index contributed by atoms with van der Waals surface area (Å²) in [4.78, 5) is 2.10. The Balaban J connectivity index is 2.59. The van der Waals surface area contributed by atoms with Gasteiger partial charge in [0.05, 0.1) is 18.1 Å². The van der Waals surface area contributed by atoms with Crippen LogP contribution in [0.4, 0.5) is 0 Å². The zero-order valence-electron chi connectivity index (χ0n) is 10.8. The molecular weight excluding hydrogens is 292 g/mol. The van der Waals surface area contributed by atoms with E-state index < -0.39 is 6.10 Å². The van der Waals surface area contributed by atoms with Crippen molar-refractivity contribution in [1.29, 1.82) is 5.26 Å². The fraction of sp³-hybridized carbons (Fsp3) is 0.500. The Morgan fingerprint density at radius 3 is 2.44 bits per heavy atom. The molecule has 1 rings (SSSR count). The maximum absolute atomic E-state index is 10.2. The first kappa shape index (κ1) is 15.2. The molecule has 0 fully saturated rings. The third-order valence-corrected chi connectivity index (χ3v) is 3.41. The van der Waals surface area contributed by atoms with Crippen LogP contribution in [0, 0.1) is 17.2 Å². The lowest BCUT2D eigenvalue weighted by atomic mass is 10.1. The summed E-state index contributed by atoms with van der Waals surface area (Å²) in [6, 6.07) is 9.89. The first-order chi connectivity index (χ1) is 8.56. The highest BCUT2D eigenvalue weighted by Gasteiger charge is 2.14. The van der Waals surface area contributed by atoms with Gasteiger partial charge < -0.3 is 5.11 Å². The quantitative estimate of drug-likeness (QED) is 0.878. The van der Waals surface area contributed by atoms with Gasteiger partial charge in [-0.1, -0.05) is 35.0 Å². The number of hydrogen-bond acceptors (Lipinski definition) is 3. The van der Waals surface area contributed by atoms with Crippen LogP contribution in [0.1, 0.15) is 25.5 Å². The van der Waals surface area contributed by atoms with Crippen molar-refractivity contribution in [2.45, 2.75) is 20.0 Å². The van der Waals surface area contributed by atoms with Gasteiger partial charge in [-0.15, -0.1) is 0 Å². The molecule has 4 heteroatoms. The predicted octanol–water partition coefficient (Wildman–Crippen LogP) is 2.96. The second-order valence-electron chi connectivity index (χ2n) is 4.45. The molecule has 0 aliphatic heterocycles. The first-order valence-electron chi connectivity index (χ1n) is 6.12. The molecule has 0 bridgehead atoms. The predicted molar refractivity (Wildman–Crippen MR) is 76.0 cm³/mol. The molecule has 0 saturated heterocycles. The molecule has 0 saturated carbocycles. The van der Waals surface area contributed by atoms with Crippen LogP contribution in [0.5, 0.6) is 0 Å². The van der Waals surface area contributed by atoms with Crippen molar-refractivity contribution in [3.63, 3.8) is 0 Å². The van der Waals surface area contributed by atoms with Gasteiger partial charge in [0.2, 0.25) is 0 Å². The van der Waals surface area contributed by atoms with Gasteiger partial charge in [-0.3, -0.25) is 4.90 Å². The second kappa shape index (κ2) is 7.52. The van der Waals surface area contributed by atoms with Gasteiger partial charge in [-0.05, 0) is 31.2 Å². The molecule has 3 nitrogen and oxygen atoms in total. The average Bonchev–Trinajstić information content (AvgIpc) is 2.38. The molecule has 1 aromatic carbocycles. The minimum absolute atomic E-state index is 0.0120. The Bertz CT molecular complexity index is 399. The molecule has 0 heterocycles. The lowest BCUT2D eigenvalue weighted by Gasteiger charge is -2.24. The number of hydrogen-bond donors (Lipinski definition) is 1. The van der Waals surface area contributed by atoms with E-state index in [1.807, 2.05) is 38.1 Å². The van der Waals surface area contributed by atoms with Crippen LogP contribution < -0.4 is 0 Å². The molecule has 0 amide bonds. The van der Waals surface area contributed by atoms with Crippen LogP contribution in [0.15, 0.2) is 28.7 Å². The number of nitriles is 1. The van der Waals surface area contributed by atoms with Gasteiger partial charge in [-0.2, -0.15) is 5.26 Å². The van der Waals surface area contributed by atoms with Crippen molar-refractivity contribution in [3.8, 4) is 6.07 Å². The van der Waals surface area contributed by atoms with E-state index in [0.29, 0.717) is 13.1 Å². The number of rotatable bonds is 6. The van der Waals surface area contributed by atoms with Crippen molar-refractivity contribution >= 4 is 15.9 Å². The van der Waals surface area contributed by atoms with Crippen molar-refractivity contribution in [3.05, 3.63) is 34.3 Å². The van der Waals surface area contributed by atoms with Gasteiger partial charge in [0, 0.05) is 17.6 Å². The highest BCUT2D eigenvalue weighted by Crippen LogP contribution is 2.18. The summed E-state index contributed by atoms with van der Waals surface area (Å²) in [7, 11) is 0. The molecule has 0 aliphatic rings. The lowest BCUT2D eigenvalue weighted by Crippen LogP contribution is -2.32. The van der Waals surface area contributed by atoms with E-state index >= 15 is 0 Å². The minimum atomic E-state index is -0.510. The average molecular weight is 311 g/mol. The van der Waals surface area contributed by atoms with Crippen LogP contribution in [-0.4, -0.2) is 29.6 Å². The number of aliphatic hydroxyl groups excluding tert-OH is 1. The fourth-order valence-corrected chi connectivity index (χ4v) is 2.06. The standard InChI is InChI=1S/C14H19BrN2O/c1-3-17(9-11(2)8-16)10-14(18)12-4-6-13(15)7-5-12/h4-7,11,14,18H,3,9-10H2,1-2H3/t11-,14+/m1/s1. The third kappa shape index (κ3) is 4.77. The number of aliphatic hydroxyl groups is 1. The number of nitrogens with zero attached hydrogens (tertiary/aromatic N) is 2. The Labute approximate surface area is 117 Å². The molecule has 98 valence electrons. The van der Waals surface area contributed by atoms with E-state index in [9.17, 15) is 5.11 Å². The van der Waals surface area contributed by atoms with Gasteiger partial charge in [0.25, 0.3) is 0 Å². The zero-order chi connectivity index (χ0) is 13.5. The Morgan fingerprint density at radius 2 is 1.94 bits per heavy atom. The van der Waals surface area contributed by atoms with Crippen molar-refractivity contribution < 1.29 is 5.11 Å². The van der Waals surface area contributed by atoms with E-state index in [1.165, 1.54) is 0 Å². The maximum atomic E-state index is 10.2. The van der Waals surface area contributed by atoms with Crippen LogP contribution in [0.2, 0.25) is 0 Å². The molecule has 0 radical (unpaired) electrons. The monoisotopic (exact) mass is 310 g/mol. The largest absolute Gasteiger partial charge is 0.387 e. The summed E-state index contributed by atoms with van der Waals surface area (Å²) in [6.07, 6.45) is -0.510. The number of benzene rings is 1. The molecule has 0 spiro atoms. The van der Waals surface area contributed by atoms with Gasteiger partial charge in [-0.25, -0.2) is 0 Å². The summed E-state index contributed by atoms with van der Waals surface area (Å²) in [5, 5.41) is 19.0. The first-order valence-corrected chi connectivity index (χ1v) is 6.91. The molecule has 2 atom stereocenters. The summed E-state index contributed by atoms with van der Waals surface area (Å²) in [5.41, 5.74) is 0.904. The third-order valence-electron chi connectivity index (χ3n) is 2.89. The normalized spacial score (nSPS) is 14.2. The summed E-state index contributed by atoms with van der Waals surface area (Å²) in [6.45, 7) is 6.03. The van der Waals surface area contributed by atoms with E-state index in [0.717, 1.165) is 16.6 Å².